The van der Waals surface area contributed by atoms with Crippen molar-refractivity contribution < 1.29 is 12.9 Å². The van der Waals surface area contributed by atoms with Crippen molar-refractivity contribution in [2.75, 3.05) is 0 Å². The topological polar surface area (TPSA) is 115 Å². The van der Waals surface area contributed by atoms with E-state index < -0.39 is 10.0 Å². The maximum atomic E-state index is 12.3. The Hall–Kier alpha value is -1.85. The van der Waals surface area contributed by atoms with Gasteiger partial charge in [-0.05, 0) is 20.8 Å². The van der Waals surface area contributed by atoms with Gasteiger partial charge in [0.25, 0.3) is 0 Å². The zero-order valence-electron chi connectivity index (χ0n) is 11.5. The Morgan fingerprint density at radius 2 is 2.05 bits per heavy atom. The van der Waals surface area contributed by atoms with Crippen LogP contribution in [0.25, 0.3) is 4.96 Å². The molecule has 21 heavy (non-hydrogen) atoms. The molecule has 0 fully saturated rings. The highest BCUT2D eigenvalue weighted by Gasteiger charge is 2.24. The molecule has 0 saturated heterocycles. The van der Waals surface area contributed by atoms with Crippen LogP contribution in [0.1, 0.15) is 22.3 Å². The molecule has 3 heterocycles. The van der Waals surface area contributed by atoms with E-state index >= 15 is 0 Å². The fraction of sp³-hybridized carbons (Fsp3) is 0.400. The van der Waals surface area contributed by atoms with Gasteiger partial charge in [-0.2, -0.15) is 9.61 Å². The molecule has 11 heteroatoms. The molecule has 3 rings (SSSR count). The maximum Gasteiger partial charge on any atom is 0.246 e. The monoisotopic (exact) mass is 328 g/mol. The van der Waals surface area contributed by atoms with Gasteiger partial charge in [-0.25, -0.2) is 13.1 Å². The highest BCUT2D eigenvalue weighted by Crippen LogP contribution is 2.19. The molecule has 0 atom stereocenters. The number of aromatic nitrogens is 5. The van der Waals surface area contributed by atoms with Crippen LogP contribution < -0.4 is 4.72 Å². The largest absolute Gasteiger partial charge is 0.360 e. The van der Waals surface area contributed by atoms with E-state index in [2.05, 4.69) is 25.2 Å². The SMILES string of the molecule is Cc1noc(C)c1S(=O)(=O)NCc1nn2c(C)nnc2s1. The Labute approximate surface area is 124 Å². The van der Waals surface area contributed by atoms with Crippen molar-refractivity contribution in [3.63, 3.8) is 0 Å². The van der Waals surface area contributed by atoms with Crippen LogP contribution in [0.15, 0.2) is 9.42 Å². The van der Waals surface area contributed by atoms with Crippen molar-refractivity contribution in [2.45, 2.75) is 32.2 Å². The van der Waals surface area contributed by atoms with Crippen molar-refractivity contribution in [1.82, 2.24) is 29.7 Å². The summed E-state index contributed by atoms with van der Waals surface area (Å²) in [5.41, 5.74) is 0.328. The molecule has 3 aromatic heterocycles. The number of hydrogen-bond acceptors (Lipinski definition) is 8. The van der Waals surface area contributed by atoms with Crippen molar-refractivity contribution in [3.05, 3.63) is 22.3 Å². The number of nitrogens with one attached hydrogen (secondary N) is 1. The fourth-order valence-electron chi connectivity index (χ4n) is 1.91. The molecule has 0 aliphatic heterocycles. The van der Waals surface area contributed by atoms with Gasteiger partial charge in [-0.3, -0.25) is 0 Å². The molecule has 0 radical (unpaired) electrons. The smallest absolute Gasteiger partial charge is 0.246 e. The van der Waals surface area contributed by atoms with Crippen LogP contribution in [0, 0.1) is 20.8 Å². The van der Waals surface area contributed by atoms with E-state index in [0.717, 1.165) is 0 Å². The summed E-state index contributed by atoms with van der Waals surface area (Å²) in [5, 5.41) is 16.3. The van der Waals surface area contributed by atoms with Gasteiger partial charge in [0, 0.05) is 0 Å². The van der Waals surface area contributed by atoms with Gasteiger partial charge < -0.3 is 4.52 Å². The lowest BCUT2D eigenvalue weighted by Gasteiger charge is -2.03. The van der Waals surface area contributed by atoms with Crippen LogP contribution in [-0.4, -0.2) is 33.4 Å². The van der Waals surface area contributed by atoms with Crippen LogP contribution in [0.2, 0.25) is 0 Å². The second kappa shape index (κ2) is 4.86. The molecule has 0 aliphatic rings. The van der Waals surface area contributed by atoms with Gasteiger partial charge in [0.05, 0.1) is 6.54 Å². The molecule has 0 aromatic carbocycles. The minimum absolute atomic E-state index is 0.0693. The summed E-state index contributed by atoms with van der Waals surface area (Å²) < 4.78 is 33.5. The molecule has 0 unspecified atom stereocenters. The van der Waals surface area contributed by atoms with E-state index in [-0.39, 0.29) is 17.2 Å². The molecule has 0 aliphatic carbocycles. The third-order valence-corrected chi connectivity index (χ3v) is 5.38. The first-order valence-corrected chi connectivity index (χ1v) is 8.28. The first kappa shape index (κ1) is 14.1. The van der Waals surface area contributed by atoms with Gasteiger partial charge in [0.1, 0.15) is 15.6 Å². The number of hydrogen-bond donors (Lipinski definition) is 1. The zero-order valence-corrected chi connectivity index (χ0v) is 13.1. The highest BCUT2D eigenvalue weighted by atomic mass is 32.2. The maximum absolute atomic E-state index is 12.3. The Morgan fingerprint density at radius 3 is 2.67 bits per heavy atom. The van der Waals surface area contributed by atoms with E-state index in [1.165, 1.54) is 11.3 Å². The van der Waals surface area contributed by atoms with E-state index in [1.54, 1.807) is 25.3 Å². The summed E-state index contributed by atoms with van der Waals surface area (Å²) >= 11 is 1.28. The Bertz CT molecular complexity index is 887. The zero-order chi connectivity index (χ0) is 15.2. The second-order valence-electron chi connectivity index (χ2n) is 4.42. The van der Waals surface area contributed by atoms with Crippen molar-refractivity contribution in [1.29, 1.82) is 0 Å². The normalized spacial score (nSPS) is 12.3. The Kier molecular flexibility index (Phi) is 3.26. The van der Waals surface area contributed by atoms with E-state index in [1.807, 2.05) is 0 Å². The summed E-state index contributed by atoms with van der Waals surface area (Å²) in [7, 11) is -3.69. The van der Waals surface area contributed by atoms with Gasteiger partial charge in [-0.15, -0.1) is 10.2 Å². The molecule has 9 nitrogen and oxygen atoms in total. The number of aryl methyl sites for hydroxylation is 3. The second-order valence-corrected chi connectivity index (χ2v) is 7.16. The molecule has 112 valence electrons. The van der Waals surface area contributed by atoms with E-state index in [9.17, 15) is 8.42 Å². The molecule has 3 aromatic rings. The van der Waals surface area contributed by atoms with Crippen molar-refractivity contribution in [3.8, 4) is 0 Å². The van der Waals surface area contributed by atoms with Gasteiger partial charge in [0.2, 0.25) is 15.0 Å². The molecule has 0 bridgehead atoms. The van der Waals surface area contributed by atoms with Crippen LogP contribution >= 0.6 is 11.3 Å². The Balaban J connectivity index is 1.83. The van der Waals surface area contributed by atoms with Crippen LogP contribution in [0.3, 0.4) is 0 Å². The van der Waals surface area contributed by atoms with Crippen molar-refractivity contribution in [2.24, 2.45) is 0 Å². The molecule has 0 saturated carbocycles. The molecule has 0 spiro atoms. The first-order chi connectivity index (χ1) is 9.88. The number of fused-ring (bicyclic) bond motifs is 1. The summed E-state index contributed by atoms with van der Waals surface area (Å²) in [6, 6.07) is 0. The summed E-state index contributed by atoms with van der Waals surface area (Å²) in [6.45, 7) is 4.98. The third-order valence-electron chi connectivity index (χ3n) is 2.84. The molecular formula is C10H12N6O3S2. The van der Waals surface area contributed by atoms with Crippen molar-refractivity contribution >= 4 is 26.3 Å². The predicted molar refractivity (Wildman–Crippen MR) is 73.4 cm³/mol. The molecule has 1 N–H and O–H groups in total. The Morgan fingerprint density at radius 1 is 1.29 bits per heavy atom. The van der Waals surface area contributed by atoms with Crippen LogP contribution in [-0.2, 0) is 16.6 Å². The highest BCUT2D eigenvalue weighted by molar-refractivity contribution is 7.89. The number of nitrogens with zero attached hydrogens (tertiary/aromatic N) is 5. The lowest BCUT2D eigenvalue weighted by Crippen LogP contribution is -2.24. The molecule has 0 amide bonds. The molecular weight excluding hydrogens is 316 g/mol. The third kappa shape index (κ3) is 2.43. The summed E-state index contributed by atoms with van der Waals surface area (Å²) in [4.78, 5) is 0.695. The lowest BCUT2D eigenvalue weighted by molar-refractivity contribution is 0.390. The minimum Gasteiger partial charge on any atom is -0.360 e. The number of sulfonamides is 1. The quantitative estimate of drug-likeness (QED) is 0.744. The average Bonchev–Trinajstić information content (AvgIpc) is 3.05. The number of rotatable bonds is 4. The fourth-order valence-corrected chi connectivity index (χ4v) is 4.14. The minimum atomic E-state index is -3.69. The van der Waals surface area contributed by atoms with Crippen LogP contribution in [0.4, 0.5) is 0 Å². The van der Waals surface area contributed by atoms with Gasteiger partial charge >= 0.3 is 0 Å². The first-order valence-electron chi connectivity index (χ1n) is 5.99. The van der Waals surface area contributed by atoms with Gasteiger partial charge in [-0.1, -0.05) is 16.5 Å². The summed E-state index contributed by atoms with van der Waals surface area (Å²) in [6.07, 6.45) is 0. The standard InChI is InChI=1S/C10H12N6O3S2/c1-5-9(6(2)19-15-5)21(17,18)11-4-8-14-16-7(3)12-13-10(16)20-8/h11H,4H2,1-3H3. The van der Waals surface area contributed by atoms with E-state index in [0.29, 0.717) is 21.5 Å². The van der Waals surface area contributed by atoms with E-state index in [4.69, 9.17) is 4.52 Å². The van der Waals surface area contributed by atoms with Gasteiger partial charge in [0.15, 0.2) is 11.6 Å². The predicted octanol–water partition coefficient (Wildman–Crippen LogP) is 0.578. The summed E-state index contributed by atoms with van der Waals surface area (Å²) in [5.74, 6) is 0.912. The van der Waals surface area contributed by atoms with Crippen LogP contribution in [0.5, 0.6) is 0 Å². The lowest BCUT2D eigenvalue weighted by atomic mass is 10.4. The average molecular weight is 328 g/mol.